The quantitative estimate of drug-likeness (QED) is 0.631. The average molecular weight is 190 g/mol. The number of phosphoric ester groups is 1. The van der Waals surface area contributed by atoms with Gasteiger partial charge in [0.05, 0.1) is 0 Å². The van der Waals surface area contributed by atoms with Crippen LogP contribution in [-0.2, 0) is 18.0 Å². The zero-order valence-electron chi connectivity index (χ0n) is 5.42. The Balaban J connectivity index is 4.17. The molecular formula is C2H8O6P2. The molecule has 0 aromatic carbocycles. The first-order valence-corrected chi connectivity index (χ1v) is 5.69. The molecule has 2 atom stereocenters. The Kier molecular flexibility index (Phi) is 3.23. The molecule has 10 heavy (non-hydrogen) atoms. The van der Waals surface area contributed by atoms with Crippen molar-refractivity contribution in [2.45, 2.75) is 0 Å². The molecule has 0 aromatic heterocycles. The third-order valence-electron chi connectivity index (χ3n) is 0.485. The van der Waals surface area contributed by atoms with E-state index in [1.165, 1.54) is 0 Å². The van der Waals surface area contributed by atoms with Crippen molar-refractivity contribution in [2.75, 3.05) is 13.8 Å². The molecule has 0 aromatic rings. The van der Waals surface area contributed by atoms with Gasteiger partial charge in [0.25, 0.3) is 0 Å². The van der Waals surface area contributed by atoms with E-state index in [1.807, 2.05) is 0 Å². The van der Waals surface area contributed by atoms with E-state index in [-0.39, 0.29) is 0 Å². The second-order valence-corrected chi connectivity index (χ2v) is 5.10. The Bertz CT molecular complexity index is 192. The summed E-state index contributed by atoms with van der Waals surface area (Å²) in [5, 5.41) is 0. The molecule has 0 spiro atoms. The van der Waals surface area contributed by atoms with E-state index < -0.39 is 15.4 Å². The zero-order valence-corrected chi connectivity index (χ0v) is 7.21. The molecule has 0 heterocycles. The van der Waals surface area contributed by atoms with Gasteiger partial charge in [-0.1, -0.05) is 0 Å². The fourth-order valence-electron chi connectivity index (χ4n) is 0.225. The smallest absolute Gasteiger partial charge is 0.324 e. The predicted octanol–water partition coefficient (Wildman–Crippen LogP) is 0.565. The van der Waals surface area contributed by atoms with Gasteiger partial charge in [0.1, 0.15) is 0 Å². The monoisotopic (exact) mass is 190 g/mol. The summed E-state index contributed by atoms with van der Waals surface area (Å²) >= 11 is 0. The molecule has 2 unspecified atom stereocenters. The van der Waals surface area contributed by atoms with Gasteiger partial charge in [0.2, 0.25) is 0 Å². The second kappa shape index (κ2) is 3.13. The van der Waals surface area contributed by atoms with Gasteiger partial charge in [0.15, 0.2) is 0 Å². The van der Waals surface area contributed by atoms with Gasteiger partial charge in [0, 0.05) is 13.8 Å². The highest BCUT2D eigenvalue weighted by molar-refractivity contribution is 7.63. The van der Waals surface area contributed by atoms with Gasteiger partial charge in [-0.05, 0) is 0 Å². The van der Waals surface area contributed by atoms with E-state index in [2.05, 4.69) is 8.83 Å². The molecule has 0 aliphatic carbocycles. The van der Waals surface area contributed by atoms with Crippen LogP contribution in [0, 0.1) is 0 Å². The Morgan fingerprint density at radius 3 is 1.80 bits per heavy atom. The summed E-state index contributed by atoms with van der Waals surface area (Å²) in [6.45, 7) is 0.787. The number of phosphoric acid groups is 1. The van der Waals surface area contributed by atoms with Crippen molar-refractivity contribution in [3.05, 3.63) is 0 Å². The maximum atomic E-state index is 10.4. The van der Waals surface area contributed by atoms with Crippen molar-refractivity contribution in [1.29, 1.82) is 0 Å². The minimum absolute atomic E-state index is 0.787. The van der Waals surface area contributed by atoms with Crippen LogP contribution in [0.4, 0.5) is 0 Å². The van der Waals surface area contributed by atoms with Gasteiger partial charge in [-0.2, -0.15) is 0 Å². The summed E-state index contributed by atoms with van der Waals surface area (Å²) in [6, 6.07) is 0. The van der Waals surface area contributed by atoms with Crippen LogP contribution in [0.1, 0.15) is 0 Å². The van der Waals surface area contributed by atoms with Crippen LogP contribution in [0.25, 0.3) is 0 Å². The van der Waals surface area contributed by atoms with E-state index in [0.29, 0.717) is 0 Å². The molecule has 0 saturated carbocycles. The predicted molar refractivity (Wildman–Crippen MR) is 33.7 cm³/mol. The number of rotatable bonds is 3. The minimum Gasteiger partial charge on any atom is -0.324 e. The molecule has 0 aliphatic rings. The third-order valence-corrected chi connectivity index (χ3v) is 2.98. The molecule has 6 nitrogen and oxygen atoms in total. The molecule has 0 bridgehead atoms. The van der Waals surface area contributed by atoms with E-state index in [4.69, 9.17) is 9.79 Å². The molecular weight excluding hydrogens is 182 g/mol. The fourth-order valence-corrected chi connectivity index (χ4v) is 2.02. The van der Waals surface area contributed by atoms with Crippen molar-refractivity contribution in [1.82, 2.24) is 0 Å². The molecule has 0 radical (unpaired) electrons. The lowest BCUT2D eigenvalue weighted by atomic mass is 11.8. The number of hydrogen-bond acceptors (Lipinski definition) is 4. The lowest BCUT2D eigenvalue weighted by Gasteiger charge is -2.09. The topological polar surface area (TPSA) is 93.1 Å². The molecule has 0 fully saturated rings. The third kappa shape index (κ3) is 5.11. The molecule has 0 aliphatic heterocycles. The largest absolute Gasteiger partial charge is 0.479 e. The maximum absolute atomic E-state index is 10.4. The Hall–Kier alpha value is 0.300. The van der Waals surface area contributed by atoms with E-state index >= 15 is 0 Å². The normalized spacial score (nSPS) is 23.2. The molecule has 0 rings (SSSR count). The van der Waals surface area contributed by atoms with Crippen molar-refractivity contribution in [3.63, 3.8) is 0 Å². The first-order chi connectivity index (χ1) is 4.27. The summed E-state index contributed by atoms with van der Waals surface area (Å²) in [6.07, 6.45) is 0. The van der Waals surface area contributed by atoms with E-state index in [1.54, 1.807) is 0 Å². The van der Waals surface area contributed by atoms with Crippen LogP contribution in [-0.4, -0.2) is 23.6 Å². The van der Waals surface area contributed by atoms with Crippen LogP contribution in [0.15, 0.2) is 0 Å². The molecule has 0 amide bonds. The zero-order chi connectivity index (χ0) is 8.41. The summed E-state index contributed by atoms with van der Waals surface area (Å²) in [5.41, 5.74) is 0. The lowest BCUT2D eigenvalue weighted by Crippen LogP contribution is -1.88. The summed E-state index contributed by atoms with van der Waals surface area (Å²) in [4.78, 5) is 16.8. The minimum atomic E-state index is -4.31. The maximum Gasteiger partial charge on any atom is 0.479 e. The molecule has 62 valence electrons. The van der Waals surface area contributed by atoms with Crippen LogP contribution in [0.5, 0.6) is 0 Å². The van der Waals surface area contributed by atoms with Gasteiger partial charge < -0.3 is 9.79 Å². The Morgan fingerprint density at radius 2 is 1.70 bits per heavy atom. The average Bonchev–Trinajstić information content (AvgIpc) is 1.60. The van der Waals surface area contributed by atoms with Crippen LogP contribution < -0.4 is 0 Å². The summed E-state index contributed by atoms with van der Waals surface area (Å²) in [7, 11) is -7.35. The van der Waals surface area contributed by atoms with Gasteiger partial charge in [-0.15, -0.1) is 0 Å². The van der Waals surface area contributed by atoms with Gasteiger partial charge in [-0.25, -0.2) is 8.88 Å². The van der Waals surface area contributed by atoms with E-state index in [0.717, 1.165) is 13.8 Å². The van der Waals surface area contributed by atoms with Crippen molar-refractivity contribution >= 4 is 15.4 Å². The van der Waals surface area contributed by atoms with Crippen LogP contribution >= 0.6 is 15.4 Å². The van der Waals surface area contributed by atoms with Crippen molar-refractivity contribution < 1.29 is 27.8 Å². The van der Waals surface area contributed by atoms with Crippen LogP contribution in [0.2, 0.25) is 0 Å². The molecule has 0 saturated heterocycles. The molecule has 8 heteroatoms. The highest BCUT2D eigenvalue weighted by Crippen LogP contribution is 2.57. The lowest BCUT2D eigenvalue weighted by molar-refractivity contribution is 0.232. The van der Waals surface area contributed by atoms with Crippen molar-refractivity contribution in [2.24, 2.45) is 0 Å². The summed E-state index contributed by atoms with van der Waals surface area (Å²) < 4.78 is 28.3. The second-order valence-electron chi connectivity index (χ2n) is 1.54. The fraction of sp³-hybridized carbons (Fsp3) is 1.00. The first kappa shape index (κ1) is 10.3. The van der Waals surface area contributed by atoms with E-state index in [9.17, 15) is 9.13 Å². The van der Waals surface area contributed by atoms with Gasteiger partial charge >= 0.3 is 15.4 Å². The summed E-state index contributed by atoms with van der Waals surface area (Å²) in [5.74, 6) is 0. The van der Waals surface area contributed by atoms with Gasteiger partial charge in [-0.3, -0.25) is 9.09 Å². The standard InChI is InChI=1S/C2H8O6P2/c1-7-10(5,6)8-9(2,3)4/h1-2H3,(H,3,4)(H,5,6). The van der Waals surface area contributed by atoms with Crippen molar-refractivity contribution in [3.8, 4) is 0 Å². The Morgan fingerprint density at radius 1 is 1.30 bits per heavy atom. The highest BCUT2D eigenvalue weighted by atomic mass is 31.3. The first-order valence-electron chi connectivity index (χ1n) is 2.17. The highest BCUT2D eigenvalue weighted by Gasteiger charge is 2.27. The van der Waals surface area contributed by atoms with Crippen LogP contribution in [0.3, 0.4) is 0 Å². The Labute approximate surface area is 57.9 Å². The SMILES string of the molecule is COP(=O)(O)OP(C)(=O)O. The number of hydrogen-bond donors (Lipinski definition) is 2. The molecule has 2 N–H and O–H groups in total.